The van der Waals surface area contributed by atoms with Crippen LogP contribution in [-0.2, 0) is 27.9 Å². The maximum atomic E-state index is 12.8. The average molecular weight is 444 g/mol. The van der Waals surface area contributed by atoms with Gasteiger partial charge in [0.25, 0.3) is 0 Å². The topological polar surface area (TPSA) is 78.5 Å². The molecule has 1 saturated heterocycles. The molecule has 0 bridgehead atoms. The Morgan fingerprint density at radius 2 is 1.55 bits per heavy atom. The first-order valence-corrected chi connectivity index (χ1v) is 12.4. The van der Waals surface area contributed by atoms with Crippen LogP contribution in [0.25, 0.3) is 0 Å². The van der Waals surface area contributed by atoms with Crippen LogP contribution in [0.15, 0.2) is 53.4 Å². The second kappa shape index (κ2) is 10.4. The highest BCUT2D eigenvalue weighted by molar-refractivity contribution is 7.89. The van der Waals surface area contributed by atoms with Crippen molar-refractivity contribution in [3.05, 3.63) is 65.2 Å². The highest BCUT2D eigenvalue weighted by Gasteiger charge is 2.28. The number of rotatable bonds is 9. The predicted octanol–water partition coefficient (Wildman–Crippen LogP) is 3.21. The van der Waals surface area contributed by atoms with Gasteiger partial charge in [0.05, 0.1) is 4.90 Å². The molecule has 1 fully saturated rings. The number of nitrogens with one attached hydrogen (secondary N) is 2. The van der Waals surface area contributed by atoms with Gasteiger partial charge in [0, 0.05) is 13.1 Å². The molecule has 2 N–H and O–H groups in total. The van der Waals surface area contributed by atoms with E-state index in [4.69, 9.17) is 0 Å². The van der Waals surface area contributed by atoms with Crippen molar-refractivity contribution >= 4 is 15.9 Å². The molecule has 1 atom stereocenters. The molecule has 0 spiro atoms. The summed E-state index contributed by atoms with van der Waals surface area (Å²) in [5.74, 6) is -0.519. The predicted molar refractivity (Wildman–Crippen MR) is 123 cm³/mol. The quantitative estimate of drug-likeness (QED) is 0.624. The summed E-state index contributed by atoms with van der Waals surface area (Å²) in [4.78, 5) is 15.4. The van der Waals surface area contributed by atoms with Gasteiger partial charge in [-0.05, 0) is 62.0 Å². The molecule has 1 amide bonds. The molecule has 0 radical (unpaired) electrons. The fraction of sp³-hybridized carbons (Fsp3) is 0.458. The van der Waals surface area contributed by atoms with Crippen LogP contribution in [-0.4, -0.2) is 38.4 Å². The molecule has 0 unspecified atom stereocenters. The summed E-state index contributed by atoms with van der Waals surface area (Å²) >= 11 is 0. The third-order valence-electron chi connectivity index (χ3n) is 5.66. The van der Waals surface area contributed by atoms with Crippen molar-refractivity contribution in [3.63, 3.8) is 0 Å². The van der Waals surface area contributed by atoms with Gasteiger partial charge in [-0.2, -0.15) is 4.72 Å². The molecule has 2 aromatic rings. The van der Waals surface area contributed by atoms with Crippen molar-refractivity contribution in [2.24, 2.45) is 5.92 Å². The van der Waals surface area contributed by atoms with Gasteiger partial charge in [0.1, 0.15) is 6.04 Å². The van der Waals surface area contributed by atoms with Gasteiger partial charge in [-0.1, -0.05) is 55.8 Å². The SMILES string of the molecule is Cc1ccc(S(=O)(=O)N[C@@H](C(=O)NCc2ccc(CN3CCCC3)cc2)C(C)C)cc1. The Morgan fingerprint density at radius 3 is 2.13 bits per heavy atom. The van der Waals surface area contributed by atoms with Gasteiger partial charge in [0.2, 0.25) is 15.9 Å². The molecule has 1 aliphatic rings. The molecule has 31 heavy (non-hydrogen) atoms. The van der Waals surface area contributed by atoms with Gasteiger partial charge >= 0.3 is 0 Å². The Hall–Kier alpha value is -2.22. The number of hydrogen-bond acceptors (Lipinski definition) is 4. The number of nitrogens with zero attached hydrogens (tertiary/aromatic N) is 1. The number of hydrogen-bond donors (Lipinski definition) is 2. The van der Waals surface area contributed by atoms with Crippen LogP contribution in [0.1, 0.15) is 43.4 Å². The fourth-order valence-corrected chi connectivity index (χ4v) is 5.05. The maximum absolute atomic E-state index is 12.8. The Bertz CT molecular complexity index is 964. The third kappa shape index (κ3) is 6.63. The van der Waals surface area contributed by atoms with E-state index in [1.807, 2.05) is 32.9 Å². The first kappa shape index (κ1) is 23.4. The summed E-state index contributed by atoms with van der Waals surface area (Å²) < 4.78 is 28.0. The summed E-state index contributed by atoms with van der Waals surface area (Å²) in [5, 5.41) is 2.88. The van der Waals surface area contributed by atoms with Crippen LogP contribution in [0, 0.1) is 12.8 Å². The lowest BCUT2D eigenvalue weighted by Gasteiger charge is -2.22. The number of amides is 1. The van der Waals surface area contributed by atoms with Crippen LogP contribution >= 0.6 is 0 Å². The molecule has 0 aliphatic carbocycles. The number of benzene rings is 2. The molecule has 0 aromatic heterocycles. The Labute approximate surface area is 186 Å². The fourth-order valence-electron chi connectivity index (χ4n) is 3.71. The minimum atomic E-state index is -3.78. The lowest BCUT2D eigenvalue weighted by molar-refractivity contribution is -0.123. The van der Waals surface area contributed by atoms with Crippen molar-refractivity contribution in [1.29, 1.82) is 0 Å². The van der Waals surface area contributed by atoms with Crippen LogP contribution in [0.4, 0.5) is 0 Å². The zero-order chi connectivity index (χ0) is 22.4. The summed E-state index contributed by atoms with van der Waals surface area (Å²) in [6.45, 7) is 9.19. The molecule has 168 valence electrons. The second-order valence-corrected chi connectivity index (χ2v) is 10.4. The average Bonchev–Trinajstić information content (AvgIpc) is 3.24. The zero-order valence-electron chi connectivity index (χ0n) is 18.6. The van der Waals surface area contributed by atoms with Crippen molar-refractivity contribution < 1.29 is 13.2 Å². The highest BCUT2D eigenvalue weighted by atomic mass is 32.2. The minimum Gasteiger partial charge on any atom is -0.351 e. The molecule has 1 heterocycles. The second-order valence-electron chi connectivity index (χ2n) is 8.67. The van der Waals surface area contributed by atoms with E-state index in [2.05, 4.69) is 27.1 Å². The Balaban J connectivity index is 1.58. The van der Waals surface area contributed by atoms with E-state index in [0.29, 0.717) is 6.54 Å². The van der Waals surface area contributed by atoms with Crippen LogP contribution in [0.5, 0.6) is 0 Å². The third-order valence-corrected chi connectivity index (χ3v) is 7.11. The molecule has 3 rings (SSSR count). The molecular weight excluding hydrogens is 410 g/mol. The van der Waals surface area contributed by atoms with Gasteiger partial charge < -0.3 is 5.32 Å². The van der Waals surface area contributed by atoms with Crippen LogP contribution in [0.3, 0.4) is 0 Å². The summed E-state index contributed by atoms with van der Waals surface area (Å²) in [6, 6.07) is 14.0. The van der Waals surface area contributed by atoms with E-state index in [9.17, 15) is 13.2 Å². The van der Waals surface area contributed by atoms with Gasteiger partial charge in [-0.15, -0.1) is 0 Å². The van der Waals surface area contributed by atoms with Gasteiger partial charge in [-0.3, -0.25) is 9.69 Å². The summed E-state index contributed by atoms with van der Waals surface area (Å²) in [6.07, 6.45) is 2.55. The van der Waals surface area contributed by atoms with Crippen molar-refractivity contribution in [2.75, 3.05) is 13.1 Å². The maximum Gasteiger partial charge on any atom is 0.241 e. The van der Waals surface area contributed by atoms with E-state index >= 15 is 0 Å². The highest BCUT2D eigenvalue weighted by Crippen LogP contribution is 2.15. The van der Waals surface area contributed by atoms with E-state index in [1.165, 1.54) is 18.4 Å². The van der Waals surface area contributed by atoms with Crippen LogP contribution < -0.4 is 10.0 Å². The number of likely N-dealkylation sites (tertiary alicyclic amines) is 1. The molecular formula is C24H33N3O3S. The molecule has 6 nitrogen and oxygen atoms in total. The largest absolute Gasteiger partial charge is 0.351 e. The number of carbonyl (C=O) groups is 1. The molecule has 2 aromatic carbocycles. The molecule has 1 aliphatic heterocycles. The van der Waals surface area contributed by atoms with Gasteiger partial charge in [-0.25, -0.2) is 8.42 Å². The molecule has 0 saturated carbocycles. The normalized spacial score (nSPS) is 15.9. The van der Waals surface area contributed by atoms with Crippen molar-refractivity contribution in [2.45, 2.75) is 57.6 Å². The lowest BCUT2D eigenvalue weighted by atomic mass is 10.0. The van der Waals surface area contributed by atoms with E-state index in [1.54, 1.807) is 24.3 Å². The summed E-state index contributed by atoms with van der Waals surface area (Å²) in [7, 11) is -3.78. The van der Waals surface area contributed by atoms with Gasteiger partial charge in [0.15, 0.2) is 0 Å². The Kier molecular flexibility index (Phi) is 7.86. The zero-order valence-corrected chi connectivity index (χ0v) is 19.4. The van der Waals surface area contributed by atoms with Crippen molar-refractivity contribution in [3.8, 4) is 0 Å². The smallest absolute Gasteiger partial charge is 0.241 e. The standard InChI is InChI=1S/C24H33N3O3S/c1-18(2)23(26-31(29,30)22-12-6-19(3)7-13-22)24(28)25-16-20-8-10-21(11-9-20)17-27-14-4-5-15-27/h6-13,18,23,26H,4-5,14-17H2,1-3H3,(H,25,28)/t23-/m1/s1. The van der Waals surface area contributed by atoms with Crippen molar-refractivity contribution in [1.82, 2.24) is 14.9 Å². The number of sulfonamides is 1. The Morgan fingerprint density at radius 1 is 0.968 bits per heavy atom. The number of aryl methyl sites for hydroxylation is 1. The first-order valence-electron chi connectivity index (χ1n) is 10.9. The number of carbonyl (C=O) groups excluding carboxylic acids is 1. The van der Waals surface area contributed by atoms with E-state index < -0.39 is 16.1 Å². The molecule has 7 heteroatoms. The van der Waals surface area contributed by atoms with E-state index in [0.717, 1.165) is 30.8 Å². The van der Waals surface area contributed by atoms with Crippen LogP contribution in [0.2, 0.25) is 0 Å². The summed E-state index contributed by atoms with van der Waals surface area (Å²) in [5.41, 5.74) is 3.23. The van der Waals surface area contributed by atoms with E-state index in [-0.39, 0.29) is 16.7 Å². The lowest BCUT2D eigenvalue weighted by Crippen LogP contribution is -2.49. The first-order chi connectivity index (χ1) is 14.7. The monoisotopic (exact) mass is 443 g/mol. The minimum absolute atomic E-state index is 0.158.